The zero-order chi connectivity index (χ0) is 11.5. The lowest BCUT2D eigenvalue weighted by Crippen LogP contribution is -2.35. The second-order valence-electron chi connectivity index (χ2n) is 3.83. The van der Waals surface area contributed by atoms with Crippen molar-refractivity contribution >= 4 is 5.69 Å². The van der Waals surface area contributed by atoms with Crippen molar-refractivity contribution < 1.29 is 9.66 Å². The fraction of sp³-hybridized carbons (Fsp3) is 0.455. The molecule has 1 atom stereocenters. The Morgan fingerprint density at radius 1 is 1.56 bits per heavy atom. The summed E-state index contributed by atoms with van der Waals surface area (Å²) in [6.07, 6.45) is 0. The average molecular weight is 222 g/mol. The van der Waals surface area contributed by atoms with Crippen molar-refractivity contribution in [3.63, 3.8) is 0 Å². The lowest BCUT2D eigenvalue weighted by Gasteiger charge is -2.25. The van der Waals surface area contributed by atoms with Crippen LogP contribution in [0.2, 0.25) is 0 Å². The SMILES string of the molecule is Cc1c(C2COCCN2)cccc1[N+](=O)[O-]. The maximum atomic E-state index is 10.8. The van der Waals surface area contributed by atoms with Crippen LogP contribution in [0.5, 0.6) is 0 Å². The van der Waals surface area contributed by atoms with Gasteiger partial charge >= 0.3 is 0 Å². The lowest BCUT2D eigenvalue weighted by molar-refractivity contribution is -0.385. The Morgan fingerprint density at radius 2 is 2.38 bits per heavy atom. The second-order valence-corrected chi connectivity index (χ2v) is 3.83. The quantitative estimate of drug-likeness (QED) is 0.609. The van der Waals surface area contributed by atoms with E-state index < -0.39 is 0 Å². The van der Waals surface area contributed by atoms with E-state index in [4.69, 9.17) is 4.74 Å². The van der Waals surface area contributed by atoms with Gasteiger partial charge in [-0.15, -0.1) is 0 Å². The molecule has 0 spiro atoms. The topological polar surface area (TPSA) is 64.4 Å². The fourth-order valence-electron chi connectivity index (χ4n) is 1.98. The van der Waals surface area contributed by atoms with E-state index in [1.807, 2.05) is 6.07 Å². The summed E-state index contributed by atoms with van der Waals surface area (Å²) in [5.41, 5.74) is 1.84. The van der Waals surface area contributed by atoms with E-state index >= 15 is 0 Å². The minimum atomic E-state index is -0.345. The molecule has 2 rings (SSSR count). The van der Waals surface area contributed by atoms with Crippen molar-refractivity contribution in [2.75, 3.05) is 19.8 Å². The van der Waals surface area contributed by atoms with Crippen LogP contribution in [0, 0.1) is 17.0 Å². The summed E-state index contributed by atoms with van der Waals surface area (Å²) in [5.74, 6) is 0. The summed E-state index contributed by atoms with van der Waals surface area (Å²) in [4.78, 5) is 10.5. The molecule has 1 fully saturated rings. The van der Waals surface area contributed by atoms with Crippen molar-refractivity contribution in [1.29, 1.82) is 0 Å². The summed E-state index contributed by atoms with van der Waals surface area (Å²) >= 11 is 0. The van der Waals surface area contributed by atoms with Gasteiger partial charge < -0.3 is 10.1 Å². The molecule has 0 saturated carbocycles. The van der Waals surface area contributed by atoms with Crippen molar-refractivity contribution in [1.82, 2.24) is 5.32 Å². The number of nitrogens with zero attached hydrogens (tertiary/aromatic N) is 1. The predicted molar refractivity (Wildman–Crippen MR) is 59.4 cm³/mol. The zero-order valence-corrected chi connectivity index (χ0v) is 9.10. The molecule has 1 aliphatic heterocycles. The first-order valence-electron chi connectivity index (χ1n) is 5.25. The molecule has 1 aliphatic rings. The molecule has 16 heavy (non-hydrogen) atoms. The van der Waals surface area contributed by atoms with Gasteiger partial charge in [-0.2, -0.15) is 0 Å². The minimum absolute atomic E-state index is 0.0636. The highest BCUT2D eigenvalue weighted by Crippen LogP contribution is 2.26. The first kappa shape index (κ1) is 11.0. The number of morpholine rings is 1. The fourth-order valence-corrected chi connectivity index (χ4v) is 1.98. The Labute approximate surface area is 93.6 Å². The maximum absolute atomic E-state index is 10.8. The number of ether oxygens (including phenoxy) is 1. The summed E-state index contributed by atoms with van der Waals surface area (Å²) < 4.78 is 5.36. The van der Waals surface area contributed by atoms with Gasteiger partial charge in [0, 0.05) is 18.2 Å². The van der Waals surface area contributed by atoms with Crippen LogP contribution in [-0.2, 0) is 4.74 Å². The number of hydrogen-bond acceptors (Lipinski definition) is 4. The molecule has 0 aromatic heterocycles. The van der Waals surface area contributed by atoms with Crippen LogP contribution in [0.3, 0.4) is 0 Å². The molecule has 86 valence electrons. The monoisotopic (exact) mass is 222 g/mol. The number of rotatable bonds is 2. The summed E-state index contributed by atoms with van der Waals surface area (Å²) in [6, 6.07) is 5.22. The first-order valence-corrected chi connectivity index (χ1v) is 5.25. The average Bonchev–Trinajstić information content (AvgIpc) is 2.30. The Hall–Kier alpha value is -1.46. The van der Waals surface area contributed by atoms with Crippen LogP contribution in [0.15, 0.2) is 18.2 Å². The normalized spacial score (nSPS) is 20.7. The van der Waals surface area contributed by atoms with Crippen LogP contribution < -0.4 is 5.32 Å². The molecule has 5 nitrogen and oxygen atoms in total. The third-order valence-electron chi connectivity index (χ3n) is 2.84. The number of nitrogens with one attached hydrogen (secondary N) is 1. The molecule has 1 heterocycles. The van der Waals surface area contributed by atoms with Crippen LogP contribution in [-0.4, -0.2) is 24.7 Å². The molecular weight excluding hydrogens is 208 g/mol. The van der Waals surface area contributed by atoms with Gasteiger partial charge in [-0.05, 0) is 12.5 Å². The van der Waals surface area contributed by atoms with E-state index in [0.29, 0.717) is 13.2 Å². The first-order chi connectivity index (χ1) is 7.70. The lowest BCUT2D eigenvalue weighted by atomic mass is 10.00. The van der Waals surface area contributed by atoms with Gasteiger partial charge in [0.15, 0.2) is 0 Å². The molecule has 0 aliphatic carbocycles. The third kappa shape index (κ3) is 2.05. The van der Waals surface area contributed by atoms with E-state index in [9.17, 15) is 10.1 Å². The smallest absolute Gasteiger partial charge is 0.272 e. The van der Waals surface area contributed by atoms with E-state index in [1.54, 1.807) is 13.0 Å². The highest BCUT2D eigenvalue weighted by atomic mass is 16.6. The Balaban J connectivity index is 2.33. The van der Waals surface area contributed by atoms with E-state index in [2.05, 4.69) is 5.32 Å². The van der Waals surface area contributed by atoms with E-state index in [-0.39, 0.29) is 16.7 Å². The van der Waals surface area contributed by atoms with Crippen LogP contribution in [0.4, 0.5) is 5.69 Å². The van der Waals surface area contributed by atoms with Gasteiger partial charge in [0.05, 0.1) is 24.2 Å². The molecule has 1 saturated heterocycles. The summed E-state index contributed by atoms with van der Waals surface area (Å²) in [7, 11) is 0. The Bertz CT molecular complexity index is 400. The van der Waals surface area contributed by atoms with Gasteiger partial charge in [0.25, 0.3) is 5.69 Å². The molecule has 0 bridgehead atoms. The predicted octanol–water partition coefficient (Wildman–Crippen LogP) is 1.56. The molecule has 1 aromatic carbocycles. The third-order valence-corrected chi connectivity index (χ3v) is 2.84. The van der Waals surface area contributed by atoms with Crippen molar-refractivity contribution in [2.24, 2.45) is 0 Å². The largest absolute Gasteiger partial charge is 0.378 e. The standard InChI is InChI=1S/C11H14N2O3/c1-8-9(10-7-16-6-5-12-10)3-2-4-11(8)13(14)15/h2-4,10,12H,5-7H2,1H3. The van der Waals surface area contributed by atoms with Crippen LogP contribution in [0.1, 0.15) is 17.2 Å². The van der Waals surface area contributed by atoms with Gasteiger partial charge in [0.2, 0.25) is 0 Å². The highest BCUT2D eigenvalue weighted by Gasteiger charge is 2.21. The molecule has 5 heteroatoms. The molecule has 1 aromatic rings. The number of hydrogen-bond donors (Lipinski definition) is 1. The van der Waals surface area contributed by atoms with Gasteiger partial charge in [0.1, 0.15) is 0 Å². The van der Waals surface area contributed by atoms with Gasteiger partial charge in [-0.25, -0.2) is 0 Å². The van der Waals surface area contributed by atoms with E-state index in [0.717, 1.165) is 17.7 Å². The van der Waals surface area contributed by atoms with Crippen molar-refractivity contribution in [2.45, 2.75) is 13.0 Å². The molecule has 0 amide bonds. The molecule has 0 radical (unpaired) electrons. The highest BCUT2D eigenvalue weighted by molar-refractivity contribution is 5.45. The van der Waals surface area contributed by atoms with Gasteiger partial charge in [-0.1, -0.05) is 12.1 Å². The molecule has 1 N–H and O–H groups in total. The molecule has 1 unspecified atom stereocenters. The Kier molecular flexibility index (Phi) is 3.17. The van der Waals surface area contributed by atoms with Crippen molar-refractivity contribution in [3.8, 4) is 0 Å². The zero-order valence-electron chi connectivity index (χ0n) is 9.10. The number of nitro groups is 1. The second kappa shape index (κ2) is 4.59. The number of benzene rings is 1. The summed E-state index contributed by atoms with van der Waals surface area (Å²) in [5, 5.41) is 14.1. The summed E-state index contributed by atoms with van der Waals surface area (Å²) in [6.45, 7) is 3.84. The minimum Gasteiger partial charge on any atom is -0.378 e. The molecular formula is C11H14N2O3. The number of nitro benzene ring substituents is 1. The Morgan fingerprint density at radius 3 is 3.00 bits per heavy atom. The van der Waals surface area contributed by atoms with Crippen LogP contribution >= 0.6 is 0 Å². The van der Waals surface area contributed by atoms with Crippen molar-refractivity contribution in [3.05, 3.63) is 39.4 Å². The maximum Gasteiger partial charge on any atom is 0.272 e. The van der Waals surface area contributed by atoms with Crippen LogP contribution in [0.25, 0.3) is 0 Å². The van der Waals surface area contributed by atoms with Gasteiger partial charge in [-0.3, -0.25) is 10.1 Å². The van der Waals surface area contributed by atoms with E-state index in [1.165, 1.54) is 6.07 Å².